The lowest BCUT2D eigenvalue weighted by Gasteiger charge is -2.35. The molecule has 0 spiro atoms. The van der Waals surface area contributed by atoms with Crippen LogP contribution in [0.1, 0.15) is 46.0 Å². The summed E-state index contributed by atoms with van der Waals surface area (Å²) in [5, 5.41) is 6.58. The van der Waals surface area contributed by atoms with Crippen LogP contribution in [0.5, 0.6) is 0 Å². The Morgan fingerprint density at radius 2 is 1.94 bits per heavy atom. The monoisotopic (exact) mass is 274 g/mol. The first kappa shape index (κ1) is 15.8. The highest BCUT2D eigenvalue weighted by Gasteiger charge is 2.31. The van der Waals surface area contributed by atoms with E-state index in [0.717, 1.165) is 19.5 Å². The lowest BCUT2D eigenvalue weighted by Crippen LogP contribution is -2.46. The van der Waals surface area contributed by atoms with Gasteiger partial charge in [-0.2, -0.15) is 0 Å². The van der Waals surface area contributed by atoms with E-state index in [-0.39, 0.29) is 24.2 Å². The van der Waals surface area contributed by atoms with Crippen LogP contribution in [0.2, 0.25) is 0 Å². The molecule has 3 nitrogen and oxygen atoms in total. The number of carbonyl (C=O) groups is 1. The van der Waals surface area contributed by atoms with Gasteiger partial charge in [0.15, 0.2) is 0 Å². The van der Waals surface area contributed by atoms with Gasteiger partial charge in [0.25, 0.3) is 0 Å². The van der Waals surface area contributed by atoms with Gasteiger partial charge in [0, 0.05) is 12.6 Å². The van der Waals surface area contributed by atoms with Crippen molar-refractivity contribution in [2.24, 2.45) is 17.8 Å². The van der Waals surface area contributed by atoms with Crippen molar-refractivity contribution >= 4 is 18.3 Å². The zero-order valence-electron chi connectivity index (χ0n) is 11.6. The molecule has 0 bridgehead atoms. The first-order chi connectivity index (χ1) is 8.18. The second-order valence-electron chi connectivity index (χ2n) is 6.00. The normalized spacial score (nSPS) is 32.1. The number of hydrogen-bond donors (Lipinski definition) is 2. The summed E-state index contributed by atoms with van der Waals surface area (Å²) in [6.45, 7) is 6.43. The number of nitrogens with one attached hydrogen (secondary N) is 2. The van der Waals surface area contributed by atoms with Crippen molar-refractivity contribution in [3.05, 3.63) is 0 Å². The van der Waals surface area contributed by atoms with Crippen molar-refractivity contribution in [1.82, 2.24) is 10.6 Å². The molecule has 1 heterocycles. The summed E-state index contributed by atoms with van der Waals surface area (Å²) >= 11 is 0. The maximum absolute atomic E-state index is 12.1. The lowest BCUT2D eigenvalue weighted by atomic mass is 9.77. The molecular formula is C14H27ClN2O. The first-order valence-corrected chi connectivity index (χ1v) is 7.19. The summed E-state index contributed by atoms with van der Waals surface area (Å²) in [4.78, 5) is 12.1. The summed E-state index contributed by atoms with van der Waals surface area (Å²) < 4.78 is 0. The van der Waals surface area contributed by atoms with Crippen molar-refractivity contribution in [3.63, 3.8) is 0 Å². The average molecular weight is 275 g/mol. The van der Waals surface area contributed by atoms with E-state index < -0.39 is 0 Å². The summed E-state index contributed by atoms with van der Waals surface area (Å²) in [6, 6.07) is 0.428. The third kappa shape index (κ3) is 3.86. The molecule has 0 aromatic heterocycles. The molecule has 1 amide bonds. The fourth-order valence-corrected chi connectivity index (χ4v) is 3.32. The molecule has 1 saturated carbocycles. The second-order valence-corrected chi connectivity index (χ2v) is 6.00. The zero-order valence-corrected chi connectivity index (χ0v) is 12.4. The topological polar surface area (TPSA) is 41.1 Å². The van der Waals surface area contributed by atoms with E-state index in [1.54, 1.807) is 0 Å². The SMILES string of the molecule is CC(C)C1CCCCC1NC(=O)C1CCNC1.Cl. The minimum absolute atomic E-state index is 0. The van der Waals surface area contributed by atoms with Crippen molar-refractivity contribution in [2.75, 3.05) is 13.1 Å². The Morgan fingerprint density at radius 1 is 1.22 bits per heavy atom. The van der Waals surface area contributed by atoms with Crippen LogP contribution in [0, 0.1) is 17.8 Å². The van der Waals surface area contributed by atoms with Crippen LogP contribution in [-0.4, -0.2) is 25.0 Å². The summed E-state index contributed by atoms with van der Waals surface area (Å²) in [6.07, 6.45) is 6.07. The maximum atomic E-state index is 12.1. The molecule has 0 aromatic carbocycles. The molecule has 3 atom stereocenters. The van der Waals surface area contributed by atoms with E-state index in [4.69, 9.17) is 0 Å². The number of carbonyl (C=O) groups excluding carboxylic acids is 1. The van der Waals surface area contributed by atoms with Crippen molar-refractivity contribution in [1.29, 1.82) is 0 Å². The Morgan fingerprint density at radius 3 is 2.56 bits per heavy atom. The quantitative estimate of drug-likeness (QED) is 0.830. The van der Waals surface area contributed by atoms with E-state index in [9.17, 15) is 4.79 Å². The second kappa shape index (κ2) is 7.34. The van der Waals surface area contributed by atoms with Crippen LogP contribution < -0.4 is 10.6 Å². The number of halogens is 1. The predicted octanol–water partition coefficient (Wildman–Crippen LogP) is 2.35. The molecule has 2 aliphatic rings. The molecule has 0 aromatic rings. The third-order valence-electron chi connectivity index (χ3n) is 4.43. The van der Waals surface area contributed by atoms with E-state index in [0.29, 0.717) is 17.9 Å². The molecule has 18 heavy (non-hydrogen) atoms. The highest BCUT2D eigenvalue weighted by Crippen LogP contribution is 2.30. The van der Waals surface area contributed by atoms with Gasteiger partial charge in [0.1, 0.15) is 0 Å². The molecule has 1 saturated heterocycles. The van der Waals surface area contributed by atoms with Crippen molar-refractivity contribution in [3.8, 4) is 0 Å². The summed E-state index contributed by atoms with van der Waals surface area (Å²) in [7, 11) is 0. The minimum atomic E-state index is 0. The number of rotatable bonds is 3. The molecule has 0 radical (unpaired) electrons. The van der Waals surface area contributed by atoms with Gasteiger partial charge in [0.05, 0.1) is 5.92 Å². The zero-order chi connectivity index (χ0) is 12.3. The Balaban J connectivity index is 0.00000162. The van der Waals surface area contributed by atoms with Crippen LogP contribution in [0.3, 0.4) is 0 Å². The average Bonchev–Trinajstić information content (AvgIpc) is 2.83. The lowest BCUT2D eigenvalue weighted by molar-refractivity contribution is -0.125. The third-order valence-corrected chi connectivity index (χ3v) is 4.43. The highest BCUT2D eigenvalue weighted by atomic mass is 35.5. The summed E-state index contributed by atoms with van der Waals surface area (Å²) in [5.41, 5.74) is 0. The Hall–Kier alpha value is -0.280. The van der Waals surface area contributed by atoms with Gasteiger partial charge in [-0.15, -0.1) is 12.4 Å². The molecule has 1 aliphatic carbocycles. The van der Waals surface area contributed by atoms with Gasteiger partial charge >= 0.3 is 0 Å². The van der Waals surface area contributed by atoms with Crippen LogP contribution >= 0.6 is 12.4 Å². The molecule has 106 valence electrons. The van der Waals surface area contributed by atoms with E-state index >= 15 is 0 Å². The van der Waals surface area contributed by atoms with Crippen molar-refractivity contribution in [2.45, 2.75) is 52.0 Å². The van der Waals surface area contributed by atoms with Crippen LogP contribution in [0.15, 0.2) is 0 Å². The van der Waals surface area contributed by atoms with Gasteiger partial charge in [0.2, 0.25) is 5.91 Å². The van der Waals surface area contributed by atoms with Gasteiger partial charge < -0.3 is 10.6 Å². The predicted molar refractivity (Wildman–Crippen MR) is 77.0 cm³/mol. The highest BCUT2D eigenvalue weighted by molar-refractivity contribution is 5.85. The molecule has 2 rings (SSSR count). The number of hydrogen-bond acceptors (Lipinski definition) is 2. The van der Waals surface area contributed by atoms with E-state index in [1.165, 1.54) is 25.7 Å². The number of amides is 1. The van der Waals surface area contributed by atoms with Crippen LogP contribution in [0.4, 0.5) is 0 Å². The maximum Gasteiger partial charge on any atom is 0.224 e. The standard InChI is InChI=1S/C14H26N2O.ClH/c1-10(2)12-5-3-4-6-13(12)16-14(17)11-7-8-15-9-11;/h10-13,15H,3-9H2,1-2H3,(H,16,17);1H. The molecule has 2 fully saturated rings. The van der Waals surface area contributed by atoms with Gasteiger partial charge in [-0.1, -0.05) is 26.7 Å². The van der Waals surface area contributed by atoms with Crippen LogP contribution in [-0.2, 0) is 4.79 Å². The smallest absolute Gasteiger partial charge is 0.224 e. The van der Waals surface area contributed by atoms with Gasteiger partial charge in [-0.3, -0.25) is 4.79 Å². The molecule has 2 N–H and O–H groups in total. The fraction of sp³-hybridized carbons (Fsp3) is 0.929. The largest absolute Gasteiger partial charge is 0.353 e. The molecule has 4 heteroatoms. The van der Waals surface area contributed by atoms with Crippen molar-refractivity contribution < 1.29 is 4.79 Å². The fourth-order valence-electron chi connectivity index (χ4n) is 3.32. The molecule has 1 aliphatic heterocycles. The Kier molecular flexibility index (Phi) is 6.44. The first-order valence-electron chi connectivity index (χ1n) is 7.19. The Bertz CT molecular complexity index is 265. The van der Waals surface area contributed by atoms with E-state index in [1.807, 2.05) is 0 Å². The minimum Gasteiger partial charge on any atom is -0.353 e. The van der Waals surface area contributed by atoms with Gasteiger partial charge in [-0.25, -0.2) is 0 Å². The van der Waals surface area contributed by atoms with E-state index in [2.05, 4.69) is 24.5 Å². The summed E-state index contributed by atoms with van der Waals surface area (Å²) in [5.74, 6) is 1.86. The Labute approximate surface area is 117 Å². The molecule has 3 unspecified atom stereocenters. The van der Waals surface area contributed by atoms with Crippen LogP contribution in [0.25, 0.3) is 0 Å². The molecular weight excluding hydrogens is 248 g/mol. The van der Waals surface area contributed by atoms with Gasteiger partial charge in [-0.05, 0) is 37.6 Å².